The van der Waals surface area contributed by atoms with Crippen LogP contribution in [0.2, 0.25) is 5.02 Å². The molecular weight excluding hydrogens is 300 g/mol. The third kappa shape index (κ3) is 4.15. The van der Waals surface area contributed by atoms with Crippen LogP contribution < -0.4 is 9.47 Å². The minimum absolute atomic E-state index is 0.364. The maximum Gasteiger partial charge on any atom is 0.170 e. The molecular formula is C17H19ClN2O2. The van der Waals surface area contributed by atoms with E-state index in [0.29, 0.717) is 23.1 Å². The number of hydrazone groups is 1. The van der Waals surface area contributed by atoms with Crippen LogP contribution in [0, 0.1) is 0 Å². The monoisotopic (exact) mass is 318 g/mol. The summed E-state index contributed by atoms with van der Waals surface area (Å²) in [7, 11) is 5.34. The summed E-state index contributed by atoms with van der Waals surface area (Å²) in [6.45, 7) is 0.364. The van der Waals surface area contributed by atoms with Gasteiger partial charge in [-0.1, -0.05) is 35.9 Å². The first-order valence-electron chi connectivity index (χ1n) is 6.86. The van der Waals surface area contributed by atoms with Crippen molar-refractivity contribution in [2.45, 2.75) is 6.61 Å². The van der Waals surface area contributed by atoms with Gasteiger partial charge in [0, 0.05) is 30.2 Å². The van der Waals surface area contributed by atoms with Gasteiger partial charge in [-0.2, -0.15) is 5.10 Å². The molecule has 0 aliphatic carbocycles. The molecule has 0 aromatic heterocycles. The summed E-state index contributed by atoms with van der Waals surface area (Å²) < 4.78 is 11.3. The van der Waals surface area contributed by atoms with E-state index in [-0.39, 0.29) is 0 Å². The fourth-order valence-corrected chi connectivity index (χ4v) is 2.08. The van der Waals surface area contributed by atoms with Crippen molar-refractivity contribution >= 4 is 17.8 Å². The molecule has 2 aromatic rings. The molecule has 0 spiro atoms. The molecule has 0 bridgehead atoms. The second-order valence-corrected chi connectivity index (χ2v) is 5.26. The summed E-state index contributed by atoms with van der Waals surface area (Å²) in [5, 5.41) is 6.65. The van der Waals surface area contributed by atoms with Crippen molar-refractivity contribution in [3.05, 3.63) is 58.6 Å². The van der Waals surface area contributed by atoms with Crippen molar-refractivity contribution in [3.63, 3.8) is 0 Å². The Bertz CT molecular complexity index is 657. The zero-order chi connectivity index (χ0) is 15.9. The average Bonchev–Trinajstić information content (AvgIpc) is 2.52. The third-order valence-corrected chi connectivity index (χ3v) is 3.36. The van der Waals surface area contributed by atoms with E-state index in [1.165, 1.54) is 0 Å². The van der Waals surface area contributed by atoms with E-state index in [4.69, 9.17) is 21.1 Å². The molecule has 0 radical (unpaired) electrons. The first-order chi connectivity index (χ1) is 10.6. The van der Waals surface area contributed by atoms with Gasteiger partial charge in [0.25, 0.3) is 0 Å². The average molecular weight is 319 g/mol. The summed E-state index contributed by atoms with van der Waals surface area (Å²) in [6, 6.07) is 13.3. The van der Waals surface area contributed by atoms with Gasteiger partial charge >= 0.3 is 0 Å². The van der Waals surface area contributed by atoms with Crippen molar-refractivity contribution in [1.29, 1.82) is 0 Å². The molecule has 0 heterocycles. The molecule has 2 rings (SSSR count). The quantitative estimate of drug-likeness (QED) is 0.600. The van der Waals surface area contributed by atoms with Gasteiger partial charge in [0.2, 0.25) is 0 Å². The van der Waals surface area contributed by atoms with Gasteiger partial charge in [0.15, 0.2) is 11.5 Å². The zero-order valence-electron chi connectivity index (χ0n) is 12.9. The van der Waals surface area contributed by atoms with Crippen LogP contribution in [0.5, 0.6) is 11.5 Å². The van der Waals surface area contributed by atoms with Crippen LogP contribution in [0.1, 0.15) is 11.1 Å². The van der Waals surface area contributed by atoms with Crippen LogP contribution in [-0.4, -0.2) is 32.4 Å². The molecule has 0 aliphatic rings. The van der Waals surface area contributed by atoms with E-state index in [9.17, 15) is 0 Å². The van der Waals surface area contributed by atoms with Gasteiger partial charge in [0.1, 0.15) is 6.61 Å². The molecule has 5 heteroatoms. The van der Waals surface area contributed by atoms with Crippen LogP contribution in [0.4, 0.5) is 0 Å². The number of methoxy groups -OCH3 is 1. The Morgan fingerprint density at radius 2 is 1.91 bits per heavy atom. The Hall–Kier alpha value is -2.20. The van der Waals surface area contributed by atoms with Crippen LogP contribution in [0.15, 0.2) is 47.6 Å². The molecule has 0 aliphatic heterocycles. The highest BCUT2D eigenvalue weighted by Gasteiger charge is 2.10. The fourth-order valence-electron chi connectivity index (χ4n) is 1.89. The summed E-state index contributed by atoms with van der Waals surface area (Å²) in [5.41, 5.74) is 1.77. The van der Waals surface area contributed by atoms with Gasteiger partial charge in [-0.15, -0.1) is 0 Å². The highest BCUT2D eigenvalue weighted by atomic mass is 35.5. The molecule has 0 saturated heterocycles. The largest absolute Gasteiger partial charge is 0.493 e. The summed E-state index contributed by atoms with van der Waals surface area (Å²) >= 11 is 6.16. The maximum atomic E-state index is 6.16. The smallest absolute Gasteiger partial charge is 0.170 e. The molecule has 0 amide bonds. The Morgan fingerprint density at radius 1 is 1.14 bits per heavy atom. The Balaban J connectivity index is 2.26. The predicted octanol–water partition coefficient (Wildman–Crippen LogP) is 3.82. The molecule has 2 aromatic carbocycles. The number of nitrogens with zero attached hydrogens (tertiary/aromatic N) is 2. The number of hydrogen-bond donors (Lipinski definition) is 0. The standard InChI is InChI=1S/C17H19ClN2O2/c1-20(2)19-11-13-8-6-10-16(21-3)17(13)22-12-14-7-4-5-9-15(14)18/h4-11H,12H2,1-3H3/b19-11+. The molecule has 0 unspecified atom stereocenters. The molecule has 0 atom stereocenters. The lowest BCUT2D eigenvalue weighted by Crippen LogP contribution is -2.04. The number of para-hydroxylation sites is 1. The first kappa shape index (κ1) is 16.2. The predicted molar refractivity (Wildman–Crippen MR) is 90.1 cm³/mol. The van der Waals surface area contributed by atoms with E-state index < -0.39 is 0 Å². The normalized spacial score (nSPS) is 10.7. The number of halogens is 1. The van der Waals surface area contributed by atoms with Gasteiger partial charge in [-0.25, -0.2) is 0 Å². The first-order valence-corrected chi connectivity index (χ1v) is 7.24. The fraction of sp³-hybridized carbons (Fsp3) is 0.235. The lowest BCUT2D eigenvalue weighted by Gasteiger charge is -2.14. The Morgan fingerprint density at radius 3 is 2.59 bits per heavy atom. The Labute approximate surface area is 135 Å². The zero-order valence-corrected chi connectivity index (χ0v) is 13.7. The van der Waals surface area contributed by atoms with Crippen molar-refractivity contribution in [2.75, 3.05) is 21.2 Å². The van der Waals surface area contributed by atoms with E-state index >= 15 is 0 Å². The third-order valence-electron chi connectivity index (χ3n) is 2.99. The van der Waals surface area contributed by atoms with Crippen molar-refractivity contribution < 1.29 is 9.47 Å². The van der Waals surface area contributed by atoms with Crippen LogP contribution in [0.3, 0.4) is 0 Å². The second kappa shape index (κ2) is 7.71. The van der Waals surface area contributed by atoms with Crippen LogP contribution in [0.25, 0.3) is 0 Å². The van der Waals surface area contributed by atoms with E-state index in [1.807, 2.05) is 56.6 Å². The number of benzene rings is 2. The van der Waals surface area contributed by atoms with Crippen molar-refractivity contribution in [2.24, 2.45) is 5.10 Å². The SMILES string of the molecule is COc1cccc(/C=N/N(C)C)c1OCc1ccccc1Cl. The Kier molecular flexibility index (Phi) is 5.67. The van der Waals surface area contributed by atoms with Gasteiger partial charge in [-0.3, -0.25) is 0 Å². The summed E-state index contributed by atoms with van der Waals surface area (Å²) in [6.07, 6.45) is 1.74. The van der Waals surface area contributed by atoms with Gasteiger partial charge in [-0.05, 0) is 18.2 Å². The molecule has 116 valence electrons. The van der Waals surface area contributed by atoms with E-state index in [0.717, 1.165) is 11.1 Å². The highest BCUT2D eigenvalue weighted by molar-refractivity contribution is 6.31. The lowest BCUT2D eigenvalue weighted by atomic mass is 10.2. The molecule has 4 nitrogen and oxygen atoms in total. The topological polar surface area (TPSA) is 34.1 Å². The van der Waals surface area contributed by atoms with E-state index in [2.05, 4.69) is 5.10 Å². The summed E-state index contributed by atoms with van der Waals surface area (Å²) in [4.78, 5) is 0. The van der Waals surface area contributed by atoms with Crippen LogP contribution >= 0.6 is 11.6 Å². The molecule has 0 N–H and O–H groups in total. The second-order valence-electron chi connectivity index (χ2n) is 4.85. The minimum atomic E-state index is 0.364. The van der Waals surface area contributed by atoms with Crippen molar-refractivity contribution in [1.82, 2.24) is 5.01 Å². The highest BCUT2D eigenvalue weighted by Crippen LogP contribution is 2.31. The van der Waals surface area contributed by atoms with Crippen molar-refractivity contribution in [3.8, 4) is 11.5 Å². The molecule has 22 heavy (non-hydrogen) atoms. The van der Waals surface area contributed by atoms with Gasteiger partial charge in [0.05, 0.1) is 13.3 Å². The van der Waals surface area contributed by atoms with Crippen LogP contribution in [-0.2, 0) is 6.61 Å². The number of rotatable bonds is 6. The molecule has 0 fully saturated rings. The number of ether oxygens (including phenoxy) is 2. The molecule has 0 saturated carbocycles. The van der Waals surface area contributed by atoms with E-state index in [1.54, 1.807) is 18.3 Å². The number of hydrogen-bond acceptors (Lipinski definition) is 4. The summed E-state index contributed by atoms with van der Waals surface area (Å²) in [5.74, 6) is 1.31. The van der Waals surface area contributed by atoms with Gasteiger partial charge < -0.3 is 14.5 Å². The minimum Gasteiger partial charge on any atom is -0.493 e. The maximum absolute atomic E-state index is 6.16. The lowest BCUT2D eigenvalue weighted by molar-refractivity contribution is 0.284.